The lowest BCUT2D eigenvalue weighted by Crippen LogP contribution is -2.14. The summed E-state index contributed by atoms with van der Waals surface area (Å²) in [6, 6.07) is 13.3. The van der Waals surface area contributed by atoms with Crippen LogP contribution in [0.4, 0.5) is 0 Å². The first-order valence-electron chi connectivity index (χ1n) is 6.47. The molecule has 0 aliphatic carbocycles. The van der Waals surface area contributed by atoms with Gasteiger partial charge in [0.05, 0.1) is 6.61 Å². The third kappa shape index (κ3) is 2.32. The maximum absolute atomic E-state index is 11.3. The lowest BCUT2D eigenvalue weighted by Gasteiger charge is -2.05. The summed E-state index contributed by atoms with van der Waals surface area (Å²) in [6.45, 7) is 2.03. The molecule has 0 unspecified atom stereocenters. The molecule has 1 aromatic heterocycles. The summed E-state index contributed by atoms with van der Waals surface area (Å²) in [5, 5.41) is 2.01. The van der Waals surface area contributed by atoms with Crippen LogP contribution in [0.2, 0.25) is 0 Å². The van der Waals surface area contributed by atoms with Crippen molar-refractivity contribution in [1.82, 2.24) is 0 Å². The van der Waals surface area contributed by atoms with Gasteiger partial charge in [-0.25, -0.2) is 4.79 Å². The molecule has 1 heterocycles. The first-order chi connectivity index (χ1) is 9.78. The predicted octanol–water partition coefficient (Wildman–Crippen LogP) is 3.53. The summed E-state index contributed by atoms with van der Waals surface area (Å²) in [5.41, 5.74) is 1.64. The molecule has 3 aromatic rings. The van der Waals surface area contributed by atoms with Crippen LogP contribution in [0, 0.1) is 0 Å². The Hall–Kier alpha value is -2.49. The molecule has 0 bridgehead atoms. The van der Waals surface area contributed by atoms with E-state index >= 15 is 0 Å². The lowest BCUT2D eigenvalue weighted by atomic mass is 10.1. The van der Waals surface area contributed by atoms with Gasteiger partial charge in [0.25, 0.3) is 0 Å². The largest absolute Gasteiger partial charge is 0.482 e. The van der Waals surface area contributed by atoms with Crippen LogP contribution in [-0.4, -0.2) is 19.2 Å². The molecule has 3 rings (SSSR count). The molecule has 0 saturated heterocycles. The maximum atomic E-state index is 11.3. The molecule has 4 nitrogen and oxygen atoms in total. The second-order valence-electron chi connectivity index (χ2n) is 4.35. The number of benzene rings is 2. The van der Waals surface area contributed by atoms with E-state index in [0.29, 0.717) is 12.4 Å². The molecule has 0 spiro atoms. The van der Waals surface area contributed by atoms with Crippen molar-refractivity contribution < 1.29 is 18.7 Å². The Morgan fingerprint density at radius 2 is 1.90 bits per heavy atom. The Bertz CT molecular complexity index is 757. The third-order valence-electron chi connectivity index (χ3n) is 3.01. The fourth-order valence-corrected chi connectivity index (χ4v) is 2.14. The standard InChI is InChI=1S/C16H14O4/c1-2-18-16(17)10-19-11-7-8-15-13(9-11)12-5-3-4-6-14(12)20-15/h3-9H,2,10H2,1H3. The summed E-state index contributed by atoms with van der Waals surface area (Å²) < 4.78 is 16.0. The summed E-state index contributed by atoms with van der Waals surface area (Å²) in [7, 11) is 0. The summed E-state index contributed by atoms with van der Waals surface area (Å²) in [5.74, 6) is 0.252. The lowest BCUT2D eigenvalue weighted by molar-refractivity contribution is -0.145. The van der Waals surface area contributed by atoms with Crippen LogP contribution in [0.1, 0.15) is 6.92 Å². The number of ether oxygens (including phenoxy) is 2. The van der Waals surface area contributed by atoms with E-state index in [2.05, 4.69) is 0 Å². The first kappa shape index (κ1) is 12.5. The van der Waals surface area contributed by atoms with Gasteiger partial charge in [0.1, 0.15) is 16.9 Å². The molecule has 102 valence electrons. The van der Waals surface area contributed by atoms with Gasteiger partial charge in [0.15, 0.2) is 6.61 Å². The highest BCUT2D eigenvalue weighted by molar-refractivity contribution is 6.05. The monoisotopic (exact) mass is 270 g/mol. The molecule has 0 amide bonds. The number of esters is 1. The smallest absolute Gasteiger partial charge is 0.344 e. The van der Waals surface area contributed by atoms with E-state index in [1.54, 1.807) is 13.0 Å². The highest BCUT2D eigenvalue weighted by atomic mass is 16.6. The highest BCUT2D eigenvalue weighted by Gasteiger charge is 2.08. The number of para-hydroxylation sites is 1. The van der Waals surface area contributed by atoms with Gasteiger partial charge in [0, 0.05) is 10.8 Å². The van der Waals surface area contributed by atoms with E-state index in [0.717, 1.165) is 21.9 Å². The van der Waals surface area contributed by atoms with Gasteiger partial charge >= 0.3 is 5.97 Å². The molecule has 0 aliphatic heterocycles. The minimum Gasteiger partial charge on any atom is -0.482 e. The Morgan fingerprint density at radius 1 is 1.10 bits per heavy atom. The number of fused-ring (bicyclic) bond motifs is 3. The Morgan fingerprint density at radius 3 is 2.75 bits per heavy atom. The highest BCUT2D eigenvalue weighted by Crippen LogP contribution is 2.31. The SMILES string of the molecule is CCOC(=O)COc1ccc2oc3ccccc3c2c1. The van der Waals surface area contributed by atoms with E-state index in [-0.39, 0.29) is 12.6 Å². The van der Waals surface area contributed by atoms with Crippen LogP contribution in [0.25, 0.3) is 21.9 Å². The molecule has 0 saturated carbocycles. The topological polar surface area (TPSA) is 48.7 Å². The summed E-state index contributed by atoms with van der Waals surface area (Å²) in [4.78, 5) is 11.3. The maximum Gasteiger partial charge on any atom is 0.344 e. The first-order valence-corrected chi connectivity index (χ1v) is 6.47. The quantitative estimate of drug-likeness (QED) is 0.680. The van der Waals surface area contributed by atoms with Gasteiger partial charge < -0.3 is 13.9 Å². The van der Waals surface area contributed by atoms with Crippen LogP contribution in [0.3, 0.4) is 0 Å². The van der Waals surface area contributed by atoms with Crippen LogP contribution in [0.15, 0.2) is 46.9 Å². The second-order valence-corrected chi connectivity index (χ2v) is 4.35. The zero-order valence-electron chi connectivity index (χ0n) is 11.1. The Labute approximate surface area is 115 Å². The third-order valence-corrected chi connectivity index (χ3v) is 3.01. The molecule has 0 N–H and O–H groups in total. The molecule has 2 aromatic carbocycles. The van der Waals surface area contributed by atoms with Crippen molar-refractivity contribution in [1.29, 1.82) is 0 Å². The van der Waals surface area contributed by atoms with Gasteiger partial charge in [-0.05, 0) is 31.2 Å². The van der Waals surface area contributed by atoms with Crippen molar-refractivity contribution in [2.45, 2.75) is 6.92 Å². The van der Waals surface area contributed by atoms with Gasteiger partial charge in [-0.3, -0.25) is 0 Å². The van der Waals surface area contributed by atoms with Crippen LogP contribution >= 0.6 is 0 Å². The number of rotatable bonds is 4. The second kappa shape index (κ2) is 5.25. The fourth-order valence-electron chi connectivity index (χ4n) is 2.14. The van der Waals surface area contributed by atoms with E-state index in [4.69, 9.17) is 13.9 Å². The molecule has 4 heteroatoms. The van der Waals surface area contributed by atoms with Crippen molar-refractivity contribution in [3.8, 4) is 5.75 Å². The average Bonchev–Trinajstić information content (AvgIpc) is 2.83. The Balaban J connectivity index is 1.90. The van der Waals surface area contributed by atoms with Crippen molar-refractivity contribution in [3.63, 3.8) is 0 Å². The zero-order chi connectivity index (χ0) is 13.9. The van der Waals surface area contributed by atoms with E-state index < -0.39 is 0 Å². The fraction of sp³-hybridized carbons (Fsp3) is 0.188. The number of hydrogen-bond acceptors (Lipinski definition) is 4. The van der Waals surface area contributed by atoms with Crippen molar-refractivity contribution in [3.05, 3.63) is 42.5 Å². The number of hydrogen-bond donors (Lipinski definition) is 0. The van der Waals surface area contributed by atoms with Gasteiger partial charge in [-0.1, -0.05) is 18.2 Å². The molecule has 0 fully saturated rings. The number of furan rings is 1. The van der Waals surface area contributed by atoms with Crippen molar-refractivity contribution >= 4 is 27.9 Å². The molecular weight excluding hydrogens is 256 g/mol. The van der Waals surface area contributed by atoms with Crippen molar-refractivity contribution in [2.75, 3.05) is 13.2 Å². The van der Waals surface area contributed by atoms with Gasteiger partial charge in [-0.2, -0.15) is 0 Å². The van der Waals surface area contributed by atoms with E-state index in [1.807, 2.05) is 36.4 Å². The average molecular weight is 270 g/mol. The van der Waals surface area contributed by atoms with Gasteiger partial charge in [0.2, 0.25) is 0 Å². The number of carbonyl (C=O) groups is 1. The van der Waals surface area contributed by atoms with E-state index in [9.17, 15) is 4.79 Å². The minimum atomic E-state index is -0.371. The molecule has 0 radical (unpaired) electrons. The van der Waals surface area contributed by atoms with Crippen LogP contribution < -0.4 is 4.74 Å². The van der Waals surface area contributed by atoms with E-state index in [1.165, 1.54) is 0 Å². The summed E-state index contributed by atoms with van der Waals surface area (Å²) >= 11 is 0. The van der Waals surface area contributed by atoms with Crippen LogP contribution in [-0.2, 0) is 9.53 Å². The zero-order valence-corrected chi connectivity index (χ0v) is 11.1. The molecule has 0 aliphatic rings. The molecule has 0 atom stereocenters. The minimum absolute atomic E-state index is 0.0882. The molecular formula is C16H14O4. The summed E-state index contributed by atoms with van der Waals surface area (Å²) in [6.07, 6.45) is 0. The number of carbonyl (C=O) groups excluding carboxylic acids is 1. The van der Waals surface area contributed by atoms with Crippen molar-refractivity contribution in [2.24, 2.45) is 0 Å². The normalized spacial score (nSPS) is 10.8. The predicted molar refractivity (Wildman–Crippen MR) is 75.8 cm³/mol. The van der Waals surface area contributed by atoms with Crippen LogP contribution in [0.5, 0.6) is 5.75 Å². The Kier molecular flexibility index (Phi) is 3.29. The van der Waals surface area contributed by atoms with Gasteiger partial charge in [-0.15, -0.1) is 0 Å². The molecule has 20 heavy (non-hydrogen) atoms.